The van der Waals surface area contributed by atoms with Gasteiger partial charge in [-0.05, 0) is 37.8 Å². The van der Waals surface area contributed by atoms with Crippen LogP contribution in [0.1, 0.15) is 42.1 Å². The van der Waals surface area contributed by atoms with Gasteiger partial charge in [0, 0.05) is 31.6 Å². The standard InChI is InChI=1S/C17H24N2O2/c1-13-5-3-7-15(11-13)17(21)18-9-8-16(20)19-10-4-6-14(2)12-19/h3,5,7,11,14H,4,6,8-10,12H2,1-2H3,(H,18,21)/t14-/m1/s1. The fourth-order valence-corrected chi connectivity index (χ4v) is 2.75. The Kier molecular flexibility index (Phi) is 5.37. The molecule has 1 atom stereocenters. The summed E-state index contributed by atoms with van der Waals surface area (Å²) in [6, 6.07) is 7.46. The van der Waals surface area contributed by atoms with E-state index in [1.807, 2.05) is 30.0 Å². The van der Waals surface area contributed by atoms with E-state index in [-0.39, 0.29) is 11.8 Å². The molecule has 1 saturated heterocycles. The number of aryl methyl sites for hydroxylation is 1. The van der Waals surface area contributed by atoms with E-state index in [9.17, 15) is 9.59 Å². The van der Waals surface area contributed by atoms with Gasteiger partial charge < -0.3 is 10.2 Å². The SMILES string of the molecule is Cc1cccc(C(=O)NCCC(=O)N2CCC[C@@H](C)C2)c1. The highest BCUT2D eigenvalue weighted by Gasteiger charge is 2.20. The summed E-state index contributed by atoms with van der Waals surface area (Å²) in [6.07, 6.45) is 2.67. The molecular weight excluding hydrogens is 264 g/mol. The molecule has 114 valence electrons. The van der Waals surface area contributed by atoms with Gasteiger partial charge in [0.05, 0.1) is 0 Å². The lowest BCUT2D eigenvalue weighted by molar-refractivity contribution is -0.132. The first-order chi connectivity index (χ1) is 10.1. The molecule has 0 aliphatic carbocycles. The van der Waals surface area contributed by atoms with E-state index in [1.165, 1.54) is 6.42 Å². The molecule has 0 unspecified atom stereocenters. The predicted molar refractivity (Wildman–Crippen MR) is 83.1 cm³/mol. The minimum Gasteiger partial charge on any atom is -0.352 e. The molecule has 4 heteroatoms. The van der Waals surface area contributed by atoms with Crippen LogP contribution in [0.3, 0.4) is 0 Å². The van der Waals surface area contributed by atoms with E-state index in [0.29, 0.717) is 24.4 Å². The minimum atomic E-state index is -0.112. The lowest BCUT2D eigenvalue weighted by Gasteiger charge is -2.31. The maximum atomic E-state index is 12.1. The van der Waals surface area contributed by atoms with Gasteiger partial charge >= 0.3 is 0 Å². The second-order valence-corrected chi connectivity index (χ2v) is 5.96. The highest BCUT2D eigenvalue weighted by molar-refractivity contribution is 5.94. The van der Waals surface area contributed by atoms with Crippen molar-refractivity contribution < 1.29 is 9.59 Å². The van der Waals surface area contributed by atoms with Gasteiger partial charge in [-0.25, -0.2) is 0 Å². The zero-order valence-corrected chi connectivity index (χ0v) is 12.9. The van der Waals surface area contributed by atoms with Gasteiger partial charge in [-0.1, -0.05) is 24.6 Å². The van der Waals surface area contributed by atoms with Crippen LogP contribution in [0.5, 0.6) is 0 Å². The van der Waals surface area contributed by atoms with Gasteiger partial charge in [0.15, 0.2) is 0 Å². The van der Waals surface area contributed by atoms with Crippen molar-refractivity contribution in [2.75, 3.05) is 19.6 Å². The van der Waals surface area contributed by atoms with Crippen LogP contribution in [0, 0.1) is 12.8 Å². The lowest BCUT2D eigenvalue weighted by Crippen LogP contribution is -2.40. The van der Waals surface area contributed by atoms with Gasteiger partial charge in [0.25, 0.3) is 5.91 Å². The van der Waals surface area contributed by atoms with Crippen LogP contribution in [0.4, 0.5) is 0 Å². The third kappa shape index (κ3) is 4.59. The summed E-state index contributed by atoms with van der Waals surface area (Å²) < 4.78 is 0. The van der Waals surface area contributed by atoms with Crippen molar-refractivity contribution in [3.05, 3.63) is 35.4 Å². The van der Waals surface area contributed by atoms with Crippen molar-refractivity contribution in [2.24, 2.45) is 5.92 Å². The van der Waals surface area contributed by atoms with Crippen LogP contribution in [0.15, 0.2) is 24.3 Å². The van der Waals surface area contributed by atoms with Crippen molar-refractivity contribution in [3.8, 4) is 0 Å². The Hall–Kier alpha value is -1.84. The average Bonchev–Trinajstić information content (AvgIpc) is 2.47. The summed E-state index contributed by atoms with van der Waals surface area (Å²) in [6.45, 7) is 6.24. The third-order valence-corrected chi connectivity index (χ3v) is 3.91. The zero-order chi connectivity index (χ0) is 15.2. The van der Waals surface area contributed by atoms with Crippen LogP contribution in [0.2, 0.25) is 0 Å². The predicted octanol–water partition coefficient (Wildman–Crippen LogP) is 2.37. The lowest BCUT2D eigenvalue weighted by atomic mass is 10.00. The van der Waals surface area contributed by atoms with Crippen molar-refractivity contribution in [1.29, 1.82) is 0 Å². The molecule has 1 aliphatic rings. The third-order valence-electron chi connectivity index (χ3n) is 3.91. The smallest absolute Gasteiger partial charge is 0.251 e. The topological polar surface area (TPSA) is 49.4 Å². The van der Waals surface area contributed by atoms with E-state index in [2.05, 4.69) is 12.2 Å². The summed E-state index contributed by atoms with van der Waals surface area (Å²) >= 11 is 0. The largest absolute Gasteiger partial charge is 0.352 e. The van der Waals surface area contributed by atoms with E-state index in [1.54, 1.807) is 6.07 Å². The molecule has 4 nitrogen and oxygen atoms in total. The van der Waals surface area contributed by atoms with Crippen molar-refractivity contribution in [3.63, 3.8) is 0 Å². The summed E-state index contributed by atoms with van der Waals surface area (Å²) in [7, 11) is 0. The number of likely N-dealkylation sites (tertiary alicyclic amines) is 1. The van der Waals surface area contributed by atoms with Crippen LogP contribution < -0.4 is 5.32 Å². The highest BCUT2D eigenvalue weighted by atomic mass is 16.2. The molecule has 1 aromatic rings. The van der Waals surface area contributed by atoms with Crippen LogP contribution in [0.25, 0.3) is 0 Å². The summed E-state index contributed by atoms with van der Waals surface area (Å²) in [4.78, 5) is 26.0. The number of hydrogen-bond donors (Lipinski definition) is 1. The number of benzene rings is 1. The van der Waals surface area contributed by atoms with Crippen molar-refractivity contribution >= 4 is 11.8 Å². The van der Waals surface area contributed by atoms with E-state index >= 15 is 0 Å². The first kappa shape index (κ1) is 15.5. The number of amides is 2. The van der Waals surface area contributed by atoms with Gasteiger partial charge in [-0.2, -0.15) is 0 Å². The second kappa shape index (κ2) is 7.25. The molecule has 1 fully saturated rings. The molecule has 0 aromatic heterocycles. The second-order valence-electron chi connectivity index (χ2n) is 5.96. The van der Waals surface area contributed by atoms with Gasteiger partial charge in [-0.15, -0.1) is 0 Å². The molecule has 0 bridgehead atoms. The summed E-state index contributed by atoms with van der Waals surface area (Å²) in [5.74, 6) is 0.620. The Bertz CT molecular complexity index is 513. The number of carbonyl (C=O) groups is 2. The average molecular weight is 288 g/mol. The fraction of sp³-hybridized carbons (Fsp3) is 0.529. The summed E-state index contributed by atoms with van der Waals surface area (Å²) in [5.41, 5.74) is 1.70. The normalized spacial score (nSPS) is 18.4. The molecular formula is C17H24N2O2. The zero-order valence-electron chi connectivity index (χ0n) is 12.9. The molecule has 2 rings (SSSR count). The molecule has 1 heterocycles. The van der Waals surface area contributed by atoms with Crippen molar-refractivity contribution in [2.45, 2.75) is 33.1 Å². The Morgan fingerprint density at radius 1 is 1.38 bits per heavy atom. The molecule has 1 aromatic carbocycles. The molecule has 21 heavy (non-hydrogen) atoms. The minimum absolute atomic E-state index is 0.112. The number of carbonyl (C=O) groups excluding carboxylic acids is 2. The van der Waals surface area contributed by atoms with E-state index < -0.39 is 0 Å². The molecule has 1 aliphatic heterocycles. The number of rotatable bonds is 4. The molecule has 0 spiro atoms. The monoisotopic (exact) mass is 288 g/mol. The molecule has 0 radical (unpaired) electrons. The fourth-order valence-electron chi connectivity index (χ4n) is 2.75. The quantitative estimate of drug-likeness (QED) is 0.924. The maximum Gasteiger partial charge on any atom is 0.251 e. The molecule has 1 N–H and O–H groups in total. The summed E-state index contributed by atoms with van der Waals surface area (Å²) in [5, 5.41) is 2.82. The molecule has 0 saturated carbocycles. The number of piperidine rings is 1. The first-order valence-corrected chi connectivity index (χ1v) is 7.69. The Balaban J connectivity index is 1.76. The van der Waals surface area contributed by atoms with Crippen LogP contribution in [-0.2, 0) is 4.79 Å². The number of nitrogens with one attached hydrogen (secondary N) is 1. The highest BCUT2D eigenvalue weighted by Crippen LogP contribution is 2.15. The van der Waals surface area contributed by atoms with Gasteiger partial charge in [0.2, 0.25) is 5.91 Å². The van der Waals surface area contributed by atoms with Crippen LogP contribution >= 0.6 is 0 Å². The van der Waals surface area contributed by atoms with Crippen molar-refractivity contribution in [1.82, 2.24) is 10.2 Å². The molecule has 2 amide bonds. The van der Waals surface area contributed by atoms with E-state index in [0.717, 1.165) is 25.1 Å². The maximum absolute atomic E-state index is 12.1. The van der Waals surface area contributed by atoms with Gasteiger partial charge in [0.1, 0.15) is 0 Å². The first-order valence-electron chi connectivity index (χ1n) is 7.69. The number of nitrogens with zero attached hydrogens (tertiary/aromatic N) is 1. The van der Waals surface area contributed by atoms with E-state index in [4.69, 9.17) is 0 Å². The van der Waals surface area contributed by atoms with Crippen LogP contribution in [-0.4, -0.2) is 36.3 Å². The Morgan fingerprint density at radius 2 is 2.19 bits per heavy atom. The van der Waals surface area contributed by atoms with Gasteiger partial charge in [-0.3, -0.25) is 9.59 Å². The Labute approximate surface area is 126 Å². The number of hydrogen-bond acceptors (Lipinski definition) is 2. The Morgan fingerprint density at radius 3 is 2.90 bits per heavy atom.